The lowest BCUT2D eigenvalue weighted by Gasteiger charge is -2.27. The van der Waals surface area contributed by atoms with Crippen molar-refractivity contribution in [1.29, 1.82) is 0 Å². The number of hydrogen-bond acceptors (Lipinski definition) is 1. The Morgan fingerprint density at radius 3 is 2.26 bits per heavy atom. The zero-order valence-electron chi connectivity index (χ0n) is 11.8. The fourth-order valence-electron chi connectivity index (χ4n) is 2.85. The lowest BCUT2D eigenvalue weighted by Crippen LogP contribution is -2.27. The quantitative estimate of drug-likeness (QED) is 0.573. The second-order valence-electron chi connectivity index (χ2n) is 5.38. The molecular formula is C17H19ClO. The normalized spacial score (nSPS) is 24.4. The summed E-state index contributed by atoms with van der Waals surface area (Å²) in [7, 11) is 0. The number of hydrogen-bond donors (Lipinski definition) is 0. The van der Waals surface area contributed by atoms with Gasteiger partial charge in [0.2, 0.25) is 0 Å². The van der Waals surface area contributed by atoms with Crippen LogP contribution in [0.15, 0.2) is 53.1 Å². The minimum Gasteiger partial charge on any atom is -0.294 e. The SMILES string of the molecule is CC1=CC(C)=C(C(C)C(=O)c2ccccc2)C1(C)Cl. The maximum atomic E-state index is 12.6. The third-order valence-electron chi connectivity index (χ3n) is 3.99. The van der Waals surface area contributed by atoms with Crippen molar-refractivity contribution in [3.63, 3.8) is 0 Å². The Labute approximate surface area is 120 Å². The first-order valence-electron chi connectivity index (χ1n) is 6.54. The van der Waals surface area contributed by atoms with E-state index in [2.05, 4.69) is 6.08 Å². The molecule has 2 atom stereocenters. The highest BCUT2D eigenvalue weighted by atomic mass is 35.5. The van der Waals surface area contributed by atoms with Gasteiger partial charge in [-0.05, 0) is 37.5 Å². The van der Waals surface area contributed by atoms with Crippen LogP contribution < -0.4 is 0 Å². The zero-order valence-corrected chi connectivity index (χ0v) is 12.6. The van der Waals surface area contributed by atoms with Crippen LogP contribution in [0.4, 0.5) is 0 Å². The number of ketones is 1. The molecule has 0 saturated carbocycles. The average Bonchev–Trinajstić information content (AvgIpc) is 2.58. The molecular weight excluding hydrogens is 256 g/mol. The topological polar surface area (TPSA) is 17.1 Å². The molecule has 19 heavy (non-hydrogen) atoms. The second kappa shape index (κ2) is 4.97. The molecule has 0 fully saturated rings. The van der Waals surface area contributed by atoms with Crippen molar-refractivity contribution >= 4 is 17.4 Å². The third kappa shape index (κ3) is 2.40. The van der Waals surface area contributed by atoms with E-state index in [1.165, 1.54) is 0 Å². The highest BCUT2D eigenvalue weighted by molar-refractivity contribution is 6.28. The van der Waals surface area contributed by atoms with Gasteiger partial charge in [-0.2, -0.15) is 0 Å². The fourth-order valence-corrected chi connectivity index (χ4v) is 3.22. The van der Waals surface area contributed by atoms with E-state index in [9.17, 15) is 4.79 Å². The van der Waals surface area contributed by atoms with Crippen molar-refractivity contribution in [2.24, 2.45) is 5.92 Å². The van der Waals surface area contributed by atoms with Crippen LogP contribution in [-0.4, -0.2) is 10.7 Å². The highest BCUT2D eigenvalue weighted by Gasteiger charge is 2.39. The van der Waals surface area contributed by atoms with Crippen LogP contribution in [0.1, 0.15) is 38.1 Å². The van der Waals surface area contributed by atoms with E-state index in [1.807, 2.05) is 58.0 Å². The van der Waals surface area contributed by atoms with Crippen LogP contribution in [0.25, 0.3) is 0 Å². The minimum absolute atomic E-state index is 0.130. The molecule has 0 bridgehead atoms. The van der Waals surface area contributed by atoms with Crippen molar-refractivity contribution in [2.75, 3.05) is 0 Å². The van der Waals surface area contributed by atoms with E-state index in [1.54, 1.807) is 0 Å². The number of Topliss-reactive ketones (excluding diaryl/α,β-unsaturated/α-hetero) is 1. The van der Waals surface area contributed by atoms with E-state index in [4.69, 9.17) is 11.6 Å². The van der Waals surface area contributed by atoms with E-state index in [0.29, 0.717) is 0 Å². The highest BCUT2D eigenvalue weighted by Crippen LogP contribution is 2.44. The lowest BCUT2D eigenvalue weighted by molar-refractivity contribution is 0.0945. The largest absolute Gasteiger partial charge is 0.294 e. The summed E-state index contributed by atoms with van der Waals surface area (Å²) in [4.78, 5) is 12.0. The number of benzene rings is 1. The van der Waals surface area contributed by atoms with Gasteiger partial charge in [0.25, 0.3) is 0 Å². The Bertz CT molecular complexity index is 564. The van der Waals surface area contributed by atoms with Gasteiger partial charge in [0.1, 0.15) is 0 Å². The Morgan fingerprint density at radius 2 is 1.79 bits per heavy atom. The molecule has 1 aliphatic carbocycles. The van der Waals surface area contributed by atoms with Gasteiger partial charge in [-0.1, -0.05) is 43.3 Å². The monoisotopic (exact) mass is 274 g/mol. The number of halogens is 1. The minimum atomic E-state index is -0.534. The Kier molecular flexibility index (Phi) is 3.69. The van der Waals surface area contributed by atoms with Crippen molar-refractivity contribution < 1.29 is 4.79 Å². The number of carbonyl (C=O) groups excluding carboxylic acids is 1. The van der Waals surface area contributed by atoms with Gasteiger partial charge in [-0.3, -0.25) is 4.79 Å². The number of rotatable bonds is 3. The summed E-state index contributed by atoms with van der Waals surface area (Å²) in [6.07, 6.45) is 2.08. The summed E-state index contributed by atoms with van der Waals surface area (Å²) in [5.74, 6) is -0.0662. The molecule has 2 heteroatoms. The molecule has 0 saturated heterocycles. The molecule has 0 radical (unpaired) electrons. The van der Waals surface area contributed by atoms with Crippen LogP contribution in [0.3, 0.4) is 0 Å². The van der Waals surface area contributed by atoms with Gasteiger partial charge in [-0.15, -0.1) is 11.6 Å². The fraction of sp³-hybridized carbons (Fsp3) is 0.353. The zero-order chi connectivity index (χ0) is 14.2. The van der Waals surface area contributed by atoms with Gasteiger partial charge in [0, 0.05) is 11.5 Å². The number of carbonyl (C=O) groups is 1. The van der Waals surface area contributed by atoms with Crippen molar-refractivity contribution in [1.82, 2.24) is 0 Å². The third-order valence-corrected chi connectivity index (χ3v) is 4.49. The summed E-state index contributed by atoms with van der Waals surface area (Å²) in [5.41, 5.74) is 3.99. The smallest absolute Gasteiger partial charge is 0.169 e. The summed E-state index contributed by atoms with van der Waals surface area (Å²) in [6.45, 7) is 7.96. The van der Waals surface area contributed by atoms with Crippen LogP contribution in [0.2, 0.25) is 0 Å². The van der Waals surface area contributed by atoms with Gasteiger partial charge in [0.15, 0.2) is 5.78 Å². The molecule has 2 unspecified atom stereocenters. The van der Waals surface area contributed by atoms with E-state index >= 15 is 0 Å². The summed E-state index contributed by atoms with van der Waals surface area (Å²) >= 11 is 6.63. The van der Waals surface area contributed by atoms with Gasteiger partial charge in [0.05, 0.1) is 4.87 Å². The molecule has 1 aliphatic rings. The first-order valence-corrected chi connectivity index (χ1v) is 6.91. The van der Waals surface area contributed by atoms with Crippen LogP contribution >= 0.6 is 11.6 Å². The molecule has 0 N–H and O–H groups in total. The lowest BCUT2D eigenvalue weighted by atomic mass is 9.83. The first kappa shape index (κ1) is 14.1. The molecule has 0 aliphatic heterocycles. The van der Waals surface area contributed by atoms with E-state index < -0.39 is 4.87 Å². The van der Waals surface area contributed by atoms with Gasteiger partial charge >= 0.3 is 0 Å². The molecule has 2 rings (SSSR count). The molecule has 1 nitrogen and oxygen atoms in total. The molecule has 1 aromatic carbocycles. The molecule has 100 valence electrons. The van der Waals surface area contributed by atoms with E-state index in [0.717, 1.165) is 22.3 Å². The molecule has 0 heterocycles. The van der Waals surface area contributed by atoms with Gasteiger partial charge < -0.3 is 0 Å². The summed E-state index contributed by atoms with van der Waals surface area (Å²) < 4.78 is 0. The maximum absolute atomic E-state index is 12.6. The van der Waals surface area contributed by atoms with Crippen LogP contribution in [0, 0.1) is 5.92 Å². The Hall–Kier alpha value is -1.34. The predicted molar refractivity (Wildman–Crippen MR) is 80.7 cm³/mol. The van der Waals surface area contributed by atoms with Crippen molar-refractivity contribution in [3.05, 3.63) is 58.7 Å². The standard InChI is InChI=1S/C17H19ClO/c1-11-10-12(2)17(4,18)15(11)13(3)16(19)14-8-6-5-7-9-14/h5-10,13H,1-4H3. The second-order valence-corrected chi connectivity index (χ2v) is 6.13. The average molecular weight is 275 g/mol. The molecule has 0 spiro atoms. The predicted octanol–water partition coefficient (Wildman–Crippen LogP) is 4.78. The van der Waals surface area contributed by atoms with Gasteiger partial charge in [-0.25, -0.2) is 0 Å². The first-order chi connectivity index (χ1) is 8.85. The Morgan fingerprint density at radius 1 is 1.21 bits per heavy atom. The summed E-state index contributed by atoms with van der Waals surface area (Å²) in [5, 5.41) is 0. The maximum Gasteiger partial charge on any atom is 0.169 e. The van der Waals surface area contributed by atoms with Crippen molar-refractivity contribution in [3.8, 4) is 0 Å². The molecule has 1 aromatic rings. The van der Waals surface area contributed by atoms with Crippen LogP contribution in [0.5, 0.6) is 0 Å². The summed E-state index contributed by atoms with van der Waals surface area (Å²) in [6, 6.07) is 9.41. The van der Waals surface area contributed by atoms with Crippen molar-refractivity contribution in [2.45, 2.75) is 32.6 Å². The molecule has 0 aromatic heterocycles. The van der Waals surface area contributed by atoms with Crippen LogP contribution in [-0.2, 0) is 0 Å². The molecule has 0 amide bonds. The number of allylic oxidation sites excluding steroid dienone is 4. The van der Waals surface area contributed by atoms with E-state index in [-0.39, 0.29) is 11.7 Å². The Balaban J connectivity index is 2.34. The number of alkyl halides is 1.